The minimum atomic E-state index is 0.805. The summed E-state index contributed by atoms with van der Waals surface area (Å²) in [6, 6.07) is 9.86. The molecule has 0 amide bonds. The summed E-state index contributed by atoms with van der Waals surface area (Å²) in [6.07, 6.45) is 3.58. The van der Waals surface area contributed by atoms with Gasteiger partial charge < -0.3 is 5.32 Å². The van der Waals surface area contributed by atoms with Gasteiger partial charge in [-0.15, -0.1) is 0 Å². The van der Waals surface area contributed by atoms with Crippen LogP contribution in [0.3, 0.4) is 0 Å². The first kappa shape index (κ1) is 9.80. The van der Waals surface area contributed by atoms with Crippen molar-refractivity contribution in [1.29, 1.82) is 0 Å². The van der Waals surface area contributed by atoms with Gasteiger partial charge in [0.15, 0.2) is 0 Å². The number of nitrogens with one attached hydrogen (secondary N) is 1. The summed E-state index contributed by atoms with van der Waals surface area (Å²) in [7, 11) is 1.93. The molecule has 0 aromatic carbocycles. The summed E-state index contributed by atoms with van der Waals surface area (Å²) in [5.41, 5.74) is 3.04. The van der Waals surface area contributed by atoms with E-state index in [0.717, 1.165) is 17.9 Å². The average Bonchev–Trinajstić information content (AvgIpc) is 2.31. The maximum absolute atomic E-state index is 4.37. The highest BCUT2D eigenvalue weighted by atomic mass is 14.8. The third-order valence-electron chi connectivity index (χ3n) is 2.17. The molecule has 3 nitrogen and oxygen atoms in total. The minimum absolute atomic E-state index is 0.805. The predicted molar refractivity (Wildman–Crippen MR) is 60.2 cm³/mol. The second-order valence-corrected chi connectivity index (χ2v) is 3.26. The Kier molecular flexibility index (Phi) is 3.05. The topological polar surface area (TPSA) is 37.8 Å². The summed E-state index contributed by atoms with van der Waals surface area (Å²) >= 11 is 0. The van der Waals surface area contributed by atoms with Crippen LogP contribution in [-0.2, 0) is 6.54 Å². The first-order valence-corrected chi connectivity index (χ1v) is 4.91. The molecule has 0 aliphatic heterocycles. The zero-order chi connectivity index (χ0) is 10.5. The second-order valence-electron chi connectivity index (χ2n) is 3.26. The van der Waals surface area contributed by atoms with Gasteiger partial charge in [-0.25, -0.2) is 0 Å². The number of pyridine rings is 2. The SMILES string of the molecule is CNCc1cccnc1-c1ccccn1. The van der Waals surface area contributed by atoms with Crippen LogP contribution in [0.5, 0.6) is 0 Å². The van der Waals surface area contributed by atoms with Crippen LogP contribution >= 0.6 is 0 Å². The van der Waals surface area contributed by atoms with Crippen molar-refractivity contribution in [3.05, 3.63) is 48.3 Å². The Morgan fingerprint density at radius 3 is 2.67 bits per heavy atom. The number of hydrogen-bond donors (Lipinski definition) is 1. The Hall–Kier alpha value is -1.74. The molecule has 2 aromatic heterocycles. The summed E-state index contributed by atoms with van der Waals surface area (Å²) in [5, 5.41) is 3.13. The van der Waals surface area contributed by atoms with E-state index in [1.54, 1.807) is 12.4 Å². The van der Waals surface area contributed by atoms with E-state index in [4.69, 9.17) is 0 Å². The second kappa shape index (κ2) is 4.66. The summed E-state index contributed by atoms with van der Waals surface area (Å²) in [6.45, 7) is 0.805. The largest absolute Gasteiger partial charge is 0.316 e. The standard InChI is InChI=1S/C12H13N3/c1-13-9-10-5-4-8-15-12(10)11-6-2-3-7-14-11/h2-8,13H,9H2,1H3. The molecule has 1 N–H and O–H groups in total. The molecular weight excluding hydrogens is 186 g/mol. The summed E-state index contributed by atoms with van der Waals surface area (Å²) in [4.78, 5) is 8.67. The molecular formula is C12H13N3. The number of rotatable bonds is 3. The molecule has 0 aliphatic rings. The monoisotopic (exact) mass is 199 g/mol. The molecule has 0 atom stereocenters. The van der Waals surface area contributed by atoms with Gasteiger partial charge in [-0.2, -0.15) is 0 Å². The van der Waals surface area contributed by atoms with Crippen molar-refractivity contribution in [3.63, 3.8) is 0 Å². The Morgan fingerprint density at radius 1 is 1.07 bits per heavy atom. The number of nitrogens with zero attached hydrogens (tertiary/aromatic N) is 2. The van der Waals surface area contributed by atoms with Crippen molar-refractivity contribution in [3.8, 4) is 11.4 Å². The zero-order valence-corrected chi connectivity index (χ0v) is 8.64. The van der Waals surface area contributed by atoms with Gasteiger partial charge in [-0.3, -0.25) is 9.97 Å². The van der Waals surface area contributed by atoms with Crippen LogP contribution in [-0.4, -0.2) is 17.0 Å². The Bertz CT molecular complexity index is 426. The molecule has 2 rings (SSSR count). The van der Waals surface area contributed by atoms with Crippen LogP contribution in [0.4, 0.5) is 0 Å². The fourth-order valence-electron chi connectivity index (χ4n) is 1.51. The molecule has 0 spiro atoms. The Balaban J connectivity index is 2.43. The molecule has 0 saturated heterocycles. The fraction of sp³-hybridized carbons (Fsp3) is 0.167. The van der Waals surface area contributed by atoms with Gasteiger partial charge in [-0.1, -0.05) is 12.1 Å². The van der Waals surface area contributed by atoms with E-state index in [9.17, 15) is 0 Å². The molecule has 76 valence electrons. The van der Waals surface area contributed by atoms with Gasteiger partial charge >= 0.3 is 0 Å². The molecule has 0 aliphatic carbocycles. The summed E-state index contributed by atoms with van der Waals surface area (Å²) in [5.74, 6) is 0. The van der Waals surface area contributed by atoms with Gasteiger partial charge in [0.2, 0.25) is 0 Å². The van der Waals surface area contributed by atoms with Gasteiger partial charge in [0, 0.05) is 18.9 Å². The lowest BCUT2D eigenvalue weighted by molar-refractivity contribution is 0.814. The van der Waals surface area contributed by atoms with Crippen molar-refractivity contribution in [2.24, 2.45) is 0 Å². The number of aromatic nitrogens is 2. The molecule has 0 unspecified atom stereocenters. The van der Waals surface area contributed by atoms with Crippen LogP contribution in [0.15, 0.2) is 42.7 Å². The quantitative estimate of drug-likeness (QED) is 0.820. The third kappa shape index (κ3) is 2.19. The van der Waals surface area contributed by atoms with Crippen molar-refractivity contribution in [2.45, 2.75) is 6.54 Å². The van der Waals surface area contributed by atoms with Crippen LogP contribution in [0.2, 0.25) is 0 Å². The molecule has 0 fully saturated rings. The zero-order valence-electron chi connectivity index (χ0n) is 8.64. The van der Waals surface area contributed by atoms with Crippen molar-refractivity contribution >= 4 is 0 Å². The first-order chi connectivity index (χ1) is 7.42. The average molecular weight is 199 g/mol. The first-order valence-electron chi connectivity index (χ1n) is 4.91. The van der Waals surface area contributed by atoms with Gasteiger partial charge in [0.05, 0.1) is 11.4 Å². The fourth-order valence-corrected chi connectivity index (χ4v) is 1.51. The Morgan fingerprint density at radius 2 is 1.93 bits per heavy atom. The smallest absolute Gasteiger partial charge is 0.0930 e. The lowest BCUT2D eigenvalue weighted by Crippen LogP contribution is -2.07. The van der Waals surface area contributed by atoms with E-state index in [1.165, 1.54) is 5.56 Å². The molecule has 0 saturated carbocycles. The van der Waals surface area contributed by atoms with Crippen LogP contribution in [0, 0.1) is 0 Å². The van der Waals surface area contributed by atoms with E-state index in [-0.39, 0.29) is 0 Å². The van der Waals surface area contributed by atoms with E-state index < -0.39 is 0 Å². The Labute approximate surface area is 89.2 Å². The van der Waals surface area contributed by atoms with Crippen molar-refractivity contribution in [2.75, 3.05) is 7.05 Å². The van der Waals surface area contributed by atoms with Crippen molar-refractivity contribution < 1.29 is 0 Å². The van der Waals surface area contributed by atoms with E-state index in [2.05, 4.69) is 21.4 Å². The normalized spacial score (nSPS) is 10.2. The van der Waals surface area contributed by atoms with Gasteiger partial charge in [0.1, 0.15) is 0 Å². The molecule has 15 heavy (non-hydrogen) atoms. The van der Waals surface area contributed by atoms with Crippen LogP contribution in [0.1, 0.15) is 5.56 Å². The van der Waals surface area contributed by atoms with E-state index >= 15 is 0 Å². The predicted octanol–water partition coefficient (Wildman–Crippen LogP) is 1.86. The maximum Gasteiger partial charge on any atom is 0.0930 e. The molecule has 2 heterocycles. The highest BCUT2D eigenvalue weighted by molar-refractivity contribution is 5.58. The molecule has 0 radical (unpaired) electrons. The van der Waals surface area contributed by atoms with Crippen molar-refractivity contribution in [1.82, 2.24) is 15.3 Å². The van der Waals surface area contributed by atoms with Crippen LogP contribution in [0.25, 0.3) is 11.4 Å². The molecule has 0 bridgehead atoms. The summed E-state index contributed by atoms with van der Waals surface area (Å²) < 4.78 is 0. The lowest BCUT2D eigenvalue weighted by atomic mass is 10.1. The molecule has 2 aromatic rings. The van der Waals surface area contributed by atoms with Gasteiger partial charge in [0.25, 0.3) is 0 Å². The molecule has 3 heteroatoms. The third-order valence-corrected chi connectivity index (χ3v) is 2.17. The number of hydrogen-bond acceptors (Lipinski definition) is 3. The lowest BCUT2D eigenvalue weighted by Gasteiger charge is -2.06. The van der Waals surface area contributed by atoms with E-state index in [0.29, 0.717) is 0 Å². The highest BCUT2D eigenvalue weighted by Gasteiger charge is 2.05. The minimum Gasteiger partial charge on any atom is -0.316 e. The maximum atomic E-state index is 4.37. The van der Waals surface area contributed by atoms with E-state index in [1.807, 2.05) is 31.3 Å². The van der Waals surface area contributed by atoms with Crippen LogP contribution < -0.4 is 5.32 Å². The van der Waals surface area contributed by atoms with Gasteiger partial charge in [-0.05, 0) is 30.8 Å². The highest BCUT2D eigenvalue weighted by Crippen LogP contribution is 2.17.